The van der Waals surface area contributed by atoms with E-state index in [1.807, 2.05) is 11.8 Å². The summed E-state index contributed by atoms with van der Waals surface area (Å²) in [5.74, 6) is 0.802. The van der Waals surface area contributed by atoms with E-state index < -0.39 is 12.0 Å². The second kappa shape index (κ2) is 5.97. The maximum absolute atomic E-state index is 10.9. The van der Waals surface area contributed by atoms with E-state index in [9.17, 15) is 9.59 Å². The number of carbonyl (C=O) groups excluding carboxylic acids is 1. The molecule has 0 aliphatic carbocycles. The summed E-state index contributed by atoms with van der Waals surface area (Å²) in [4.78, 5) is 23.7. The molecule has 86 valence electrons. The molecule has 0 aromatic rings. The summed E-state index contributed by atoms with van der Waals surface area (Å²) in [6.45, 7) is 3.53. The number of nitrogens with one attached hydrogen (secondary N) is 1. The molecular weight excluding hydrogens is 216 g/mol. The maximum Gasteiger partial charge on any atom is 0.327 e. The molecule has 5 nitrogen and oxygen atoms in total. The number of nitrogens with zero attached hydrogens (tertiary/aromatic N) is 1. The lowest BCUT2D eigenvalue weighted by Gasteiger charge is -2.28. The highest BCUT2D eigenvalue weighted by atomic mass is 32.2. The summed E-state index contributed by atoms with van der Waals surface area (Å²) in [6, 6.07) is -0.786. The molecule has 15 heavy (non-hydrogen) atoms. The quantitative estimate of drug-likeness (QED) is 0.692. The van der Waals surface area contributed by atoms with Gasteiger partial charge in [0.15, 0.2) is 0 Å². The number of carbonyl (C=O) groups is 2. The van der Waals surface area contributed by atoms with Crippen molar-refractivity contribution in [3.8, 4) is 0 Å². The van der Waals surface area contributed by atoms with Crippen molar-refractivity contribution in [2.45, 2.75) is 13.0 Å². The van der Waals surface area contributed by atoms with Crippen molar-refractivity contribution in [1.29, 1.82) is 0 Å². The Hall–Kier alpha value is -0.750. The first-order chi connectivity index (χ1) is 7.09. The third-order valence-electron chi connectivity index (χ3n) is 2.22. The fourth-order valence-corrected chi connectivity index (χ4v) is 2.45. The molecule has 0 bridgehead atoms. The molecule has 1 aliphatic rings. The van der Waals surface area contributed by atoms with Crippen LogP contribution in [0.3, 0.4) is 0 Å². The van der Waals surface area contributed by atoms with Crippen LogP contribution >= 0.6 is 11.8 Å². The Bertz CT molecular complexity index is 242. The van der Waals surface area contributed by atoms with E-state index in [-0.39, 0.29) is 5.91 Å². The third kappa shape index (κ3) is 4.53. The van der Waals surface area contributed by atoms with Crippen LogP contribution in [-0.4, -0.2) is 59.1 Å². The molecule has 1 fully saturated rings. The van der Waals surface area contributed by atoms with Crippen molar-refractivity contribution in [2.24, 2.45) is 0 Å². The molecule has 0 spiro atoms. The Labute approximate surface area is 93.2 Å². The summed E-state index contributed by atoms with van der Waals surface area (Å²) in [5.41, 5.74) is 0. The Morgan fingerprint density at radius 1 is 1.47 bits per heavy atom. The van der Waals surface area contributed by atoms with Crippen LogP contribution in [0.15, 0.2) is 0 Å². The first-order valence-corrected chi connectivity index (χ1v) is 6.05. The average Bonchev–Trinajstić information content (AvgIpc) is 2.17. The van der Waals surface area contributed by atoms with Gasteiger partial charge in [0, 0.05) is 38.1 Å². The second-order valence-corrected chi connectivity index (χ2v) is 4.73. The number of hydrogen-bond donors (Lipinski definition) is 2. The predicted molar refractivity (Wildman–Crippen MR) is 59.0 cm³/mol. The van der Waals surface area contributed by atoms with Crippen LogP contribution in [0.1, 0.15) is 6.92 Å². The minimum atomic E-state index is -0.969. The van der Waals surface area contributed by atoms with Gasteiger partial charge >= 0.3 is 5.97 Å². The van der Waals surface area contributed by atoms with E-state index in [4.69, 9.17) is 5.11 Å². The summed E-state index contributed by atoms with van der Waals surface area (Å²) in [6.07, 6.45) is 0. The molecule has 1 rings (SSSR count). The predicted octanol–water partition coefficient (Wildman–Crippen LogP) is -0.375. The van der Waals surface area contributed by atoms with Crippen LogP contribution in [0.25, 0.3) is 0 Å². The van der Waals surface area contributed by atoms with E-state index in [2.05, 4.69) is 10.2 Å². The van der Waals surface area contributed by atoms with Crippen molar-refractivity contribution in [2.75, 3.05) is 31.1 Å². The van der Waals surface area contributed by atoms with Gasteiger partial charge in [-0.2, -0.15) is 11.8 Å². The third-order valence-corrected chi connectivity index (χ3v) is 3.16. The van der Waals surface area contributed by atoms with Crippen molar-refractivity contribution in [1.82, 2.24) is 10.2 Å². The van der Waals surface area contributed by atoms with Gasteiger partial charge in [0.2, 0.25) is 5.91 Å². The fraction of sp³-hybridized carbons (Fsp3) is 0.778. The molecule has 0 radical (unpaired) electrons. The van der Waals surface area contributed by atoms with Gasteiger partial charge in [0.05, 0.1) is 0 Å². The Morgan fingerprint density at radius 2 is 2.07 bits per heavy atom. The van der Waals surface area contributed by atoms with Crippen LogP contribution < -0.4 is 5.32 Å². The van der Waals surface area contributed by atoms with Gasteiger partial charge in [-0.25, -0.2) is 4.79 Å². The number of aliphatic carboxylic acids is 1. The van der Waals surface area contributed by atoms with E-state index in [1.165, 1.54) is 6.92 Å². The molecule has 1 amide bonds. The highest BCUT2D eigenvalue weighted by molar-refractivity contribution is 7.99. The number of hydrogen-bond acceptors (Lipinski definition) is 4. The van der Waals surface area contributed by atoms with E-state index in [1.54, 1.807) is 0 Å². The summed E-state index contributed by atoms with van der Waals surface area (Å²) < 4.78 is 0. The average molecular weight is 232 g/mol. The number of amides is 1. The smallest absolute Gasteiger partial charge is 0.327 e. The zero-order valence-electron chi connectivity index (χ0n) is 8.73. The molecule has 1 unspecified atom stereocenters. The molecule has 6 heteroatoms. The van der Waals surface area contributed by atoms with Crippen molar-refractivity contribution < 1.29 is 14.7 Å². The Kier molecular flexibility index (Phi) is 4.90. The summed E-state index contributed by atoms with van der Waals surface area (Å²) in [5, 5.41) is 11.3. The maximum atomic E-state index is 10.9. The monoisotopic (exact) mass is 232 g/mol. The topological polar surface area (TPSA) is 69.6 Å². The largest absolute Gasteiger partial charge is 0.480 e. The van der Waals surface area contributed by atoms with Crippen molar-refractivity contribution >= 4 is 23.6 Å². The van der Waals surface area contributed by atoms with Gasteiger partial charge in [-0.3, -0.25) is 9.69 Å². The van der Waals surface area contributed by atoms with E-state index >= 15 is 0 Å². The number of carboxylic acid groups (broad SMARTS) is 1. The standard InChI is InChI=1S/C9H16N2O3S/c1-7(12)10-8(9(13)14)6-11-2-4-15-5-3-11/h8H,2-6H2,1H3,(H,10,12)(H,13,14). The summed E-state index contributed by atoms with van der Waals surface area (Å²) >= 11 is 1.87. The minimum absolute atomic E-state index is 0.297. The molecular formula is C9H16N2O3S. The Balaban J connectivity index is 2.42. The molecule has 0 aromatic carbocycles. The normalized spacial score (nSPS) is 19.5. The van der Waals surface area contributed by atoms with Gasteiger partial charge in [0.1, 0.15) is 6.04 Å². The van der Waals surface area contributed by atoms with Gasteiger partial charge in [-0.1, -0.05) is 0 Å². The fourth-order valence-electron chi connectivity index (χ4n) is 1.47. The molecule has 2 N–H and O–H groups in total. The molecule has 1 heterocycles. The van der Waals surface area contributed by atoms with Gasteiger partial charge in [0.25, 0.3) is 0 Å². The number of thioether (sulfide) groups is 1. The van der Waals surface area contributed by atoms with Crippen molar-refractivity contribution in [3.63, 3.8) is 0 Å². The van der Waals surface area contributed by atoms with Crippen LogP contribution in [0.2, 0.25) is 0 Å². The zero-order valence-corrected chi connectivity index (χ0v) is 9.55. The molecule has 1 saturated heterocycles. The number of rotatable bonds is 4. The highest BCUT2D eigenvalue weighted by Gasteiger charge is 2.22. The van der Waals surface area contributed by atoms with E-state index in [0.717, 1.165) is 24.6 Å². The SMILES string of the molecule is CC(=O)NC(CN1CCSCC1)C(=O)O. The lowest BCUT2D eigenvalue weighted by Crippen LogP contribution is -2.49. The highest BCUT2D eigenvalue weighted by Crippen LogP contribution is 2.09. The Morgan fingerprint density at radius 3 is 2.53 bits per heavy atom. The summed E-state index contributed by atoms with van der Waals surface area (Å²) in [7, 11) is 0. The minimum Gasteiger partial charge on any atom is -0.480 e. The van der Waals surface area contributed by atoms with Crippen molar-refractivity contribution in [3.05, 3.63) is 0 Å². The molecule has 0 saturated carbocycles. The number of carboxylic acids is 1. The zero-order chi connectivity index (χ0) is 11.3. The van der Waals surface area contributed by atoms with Gasteiger partial charge in [-0.05, 0) is 0 Å². The van der Waals surface area contributed by atoms with Gasteiger partial charge in [-0.15, -0.1) is 0 Å². The van der Waals surface area contributed by atoms with Crippen LogP contribution in [0.5, 0.6) is 0 Å². The molecule has 1 aliphatic heterocycles. The lowest BCUT2D eigenvalue weighted by atomic mass is 10.2. The van der Waals surface area contributed by atoms with Crippen LogP contribution in [0, 0.1) is 0 Å². The van der Waals surface area contributed by atoms with Gasteiger partial charge < -0.3 is 10.4 Å². The molecule has 0 aromatic heterocycles. The van der Waals surface area contributed by atoms with Crippen LogP contribution in [0.4, 0.5) is 0 Å². The van der Waals surface area contributed by atoms with Crippen LogP contribution in [-0.2, 0) is 9.59 Å². The molecule has 1 atom stereocenters. The second-order valence-electron chi connectivity index (χ2n) is 3.50. The first kappa shape index (κ1) is 12.3. The van der Waals surface area contributed by atoms with E-state index in [0.29, 0.717) is 6.54 Å². The lowest BCUT2D eigenvalue weighted by molar-refractivity contribution is -0.142. The first-order valence-electron chi connectivity index (χ1n) is 4.89.